The van der Waals surface area contributed by atoms with Crippen molar-refractivity contribution in [3.63, 3.8) is 0 Å². The van der Waals surface area contributed by atoms with E-state index in [0.29, 0.717) is 19.6 Å². The lowest BCUT2D eigenvalue weighted by molar-refractivity contribution is -0.133. The Morgan fingerprint density at radius 1 is 1.50 bits per heavy atom. The van der Waals surface area contributed by atoms with Crippen LogP contribution in [0.3, 0.4) is 0 Å². The SMILES string of the molecule is Cc1ccc(C[C@@H](C#N)NC(=O)[C@@H]2CN(C)CCCO2)cc1. The first-order valence-electron chi connectivity index (χ1n) is 7.64. The van der Waals surface area contributed by atoms with E-state index in [-0.39, 0.29) is 5.91 Å². The smallest absolute Gasteiger partial charge is 0.251 e. The zero-order valence-corrected chi connectivity index (χ0v) is 13.2. The first-order valence-corrected chi connectivity index (χ1v) is 7.64. The first-order chi connectivity index (χ1) is 10.6. The van der Waals surface area contributed by atoms with Crippen LogP contribution >= 0.6 is 0 Å². The molecule has 1 saturated heterocycles. The van der Waals surface area contributed by atoms with Gasteiger partial charge in [0, 0.05) is 26.1 Å². The Labute approximate surface area is 131 Å². The van der Waals surface area contributed by atoms with Gasteiger partial charge in [-0.3, -0.25) is 4.79 Å². The number of carbonyl (C=O) groups is 1. The molecule has 1 amide bonds. The van der Waals surface area contributed by atoms with E-state index in [9.17, 15) is 10.1 Å². The molecule has 1 aliphatic rings. The number of nitrogens with zero attached hydrogens (tertiary/aromatic N) is 2. The van der Waals surface area contributed by atoms with Gasteiger partial charge in [0.05, 0.1) is 6.07 Å². The number of hydrogen-bond donors (Lipinski definition) is 1. The van der Waals surface area contributed by atoms with Crippen molar-refractivity contribution in [2.75, 3.05) is 26.7 Å². The molecule has 0 radical (unpaired) electrons. The lowest BCUT2D eigenvalue weighted by atomic mass is 10.1. The molecule has 0 aromatic heterocycles. The maximum atomic E-state index is 12.3. The van der Waals surface area contributed by atoms with E-state index in [1.165, 1.54) is 5.56 Å². The second kappa shape index (κ2) is 7.92. The number of rotatable bonds is 4. The third kappa shape index (κ3) is 4.83. The van der Waals surface area contributed by atoms with Crippen molar-refractivity contribution in [1.82, 2.24) is 10.2 Å². The van der Waals surface area contributed by atoms with E-state index in [1.54, 1.807) is 0 Å². The number of carbonyl (C=O) groups excluding carboxylic acids is 1. The molecule has 0 aliphatic carbocycles. The van der Waals surface area contributed by atoms with Crippen LogP contribution in [0.25, 0.3) is 0 Å². The van der Waals surface area contributed by atoms with Crippen LogP contribution in [-0.2, 0) is 16.0 Å². The molecule has 0 unspecified atom stereocenters. The molecule has 2 rings (SSSR count). The third-order valence-electron chi connectivity index (χ3n) is 3.81. The van der Waals surface area contributed by atoms with Gasteiger partial charge in [-0.1, -0.05) is 29.8 Å². The van der Waals surface area contributed by atoms with Gasteiger partial charge in [0.25, 0.3) is 5.91 Å². The average Bonchev–Trinajstić information content (AvgIpc) is 2.73. The van der Waals surface area contributed by atoms with E-state index < -0.39 is 12.1 Å². The zero-order valence-electron chi connectivity index (χ0n) is 13.2. The molecule has 22 heavy (non-hydrogen) atoms. The number of aryl methyl sites for hydroxylation is 1. The number of ether oxygens (including phenoxy) is 1. The third-order valence-corrected chi connectivity index (χ3v) is 3.81. The van der Waals surface area contributed by atoms with Gasteiger partial charge in [0.2, 0.25) is 0 Å². The van der Waals surface area contributed by atoms with Crippen molar-refractivity contribution in [3.8, 4) is 6.07 Å². The van der Waals surface area contributed by atoms with Crippen molar-refractivity contribution in [3.05, 3.63) is 35.4 Å². The highest BCUT2D eigenvalue weighted by Crippen LogP contribution is 2.08. The fourth-order valence-corrected chi connectivity index (χ4v) is 2.50. The Bertz CT molecular complexity index is 536. The van der Waals surface area contributed by atoms with Gasteiger partial charge in [0.1, 0.15) is 12.1 Å². The number of likely N-dealkylation sites (N-methyl/N-ethyl adjacent to an activating group) is 1. The molecular weight excluding hydrogens is 278 g/mol. The van der Waals surface area contributed by atoms with E-state index >= 15 is 0 Å². The lowest BCUT2D eigenvalue weighted by Gasteiger charge is -2.20. The minimum absolute atomic E-state index is 0.201. The number of nitriles is 1. The Morgan fingerprint density at radius 3 is 2.91 bits per heavy atom. The number of amides is 1. The van der Waals surface area contributed by atoms with E-state index in [4.69, 9.17) is 4.74 Å². The molecule has 1 heterocycles. The first kappa shape index (κ1) is 16.5. The quantitative estimate of drug-likeness (QED) is 0.909. The Morgan fingerprint density at radius 2 is 2.23 bits per heavy atom. The largest absolute Gasteiger partial charge is 0.367 e. The highest BCUT2D eigenvalue weighted by molar-refractivity contribution is 5.81. The normalized spacial score (nSPS) is 20.7. The standard InChI is InChI=1S/C17H23N3O2/c1-13-4-6-14(7-5-13)10-15(11-18)19-17(21)16-12-20(2)8-3-9-22-16/h4-7,15-16H,3,8-10,12H2,1-2H3,(H,19,21)/t15-,16-/m0/s1. The Kier molecular flexibility index (Phi) is 5.93. The minimum Gasteiger partial charge on any atom is -0.367 e. The van der Waals surface area contributed by atoms with Crippen LogP contribution in [-0.4, -0.2) is 49.7 Å². The molecule has 1 N–H and O–H groups in total. The van der Waals surface area contributed by atoms with Crippen LogP contribution in [0.2, 0.25) is 0 Å². The van der Waals surface area contributed by atoms with Crippen LogP contribution in [0, 0.1) is 18.3 Å². The number of hydrogen-bond acceptors (Lipinski definition) is 4. The van der Waals surface area contributed by atoms with Gasteiger partial charge in [-0.05, 0) is 26.0 Å². The van der Waals surface area contributed by atoms with Crippen molar-refractivity contribution in [1.29, 1.82) is 5.26 Å². The summed E-state index contributed by atoms with van der Waals surface area (Å²) in [5.74, 6) is -0.201. The van der Waals surface area contributed by atoms with Crippen molar-refractivity contribution < 1.29 is 9.53 Å². The van der Waals surface area contributed by atoms with Crippen molar-refractivity contribution >= 4 is 5.91 Å². The molecule has 0 saturated carbocycles. The minimum atomic E-state index is -0.535. The predicted octanol–water partition coefficient (Wildman–Crippen LogP) is 1.27. The predicted molar refractivity (Wildman–Crippen MR) is 84.3 cm³/mol. The van der Waals surface area contributed by atoms with Crippen LogP contribution in [0.1, 0.15) is 17.5 Å². The molecule has 1 fully saturated rings. The molecule has 0 spiro atoms. The second-order valence-electron chi connectivity index (χ2n) is 5.86. The molecule has 2 atom stereocenters. The van der Waals surface area contributed by atoms with Crippen LogP contribution in [0.15, 0.2) is 24.3 Å². The number of benzene rings is 1. The monoisotopic (exact) mass is 301 g/mol. The van der Waals surface area contributed by atoms with Crippen LogP contribution in [0.5, 0.6) is 0 Å². The summed E-state index contributed by atoms with van der Waals surface area (Å²) in [6, 6.07) is 9.62. The van der Waals surface area contributed by atoms with Gasteiger partial charge in [-0.25, -0.2) is 0 Å². The average molecular weight is 301 g/mol. The maximum Gasteiger partial charge on any atom is 0.251 e. The highest BCUT2D eigenvalue weighted by atomic mass is 16.5. The van der Waals surface area contributed by atoms with E-state index in [1.807, 2.05) is 38.2 Å². The van der Waals surface area contributed by atoms with Crippen molar-refractivity contribution in [2.24, 2.45) is 0 Å². The highest BCUT2D eigenvalue weighted by Gasteiger charge is 2.25. The zero-order chi connectivity index (χ0) is 15.9. The van der Waals surface area contributed by atoms with Gasteiger partial charge in [-0.2, -0.15) is 5.26 Å². The lowest BCUT2D eigenvalue weighted by Crippen LogP contribution is -2.46. The summed E-state index contributed by atoms with van der Waals surface area (Å²) >= 11 is 0. The fraction of sp³-hybridized carbons (Fsp3) is 0.529. The summed E-state index contributed by atoms with van der Waals surface area (Å²) in [5, 5.41) is 12.1. The molecular formula is C17H23N3O2. The number of nitrogens with one attached hydrogen (secondary N) is 1. The Hall–Kier alpha value is -1.90. The molecule has 1 aliphatic heterocycles. The summed E-state index contributed by atoms with van der Waals surface area (Å²) in [6.07, 6.45) is 0.928. The Balaban J connectivity index is 1.92. The van der Waals surface area contributed by atoms with E-state index in [2.05, 4.69) is 16.3 Å². The van der Waals surface area contributed by atoms with Gasteiger partial charge in [0.15, 0.2) is 0 Å². The molecule has 5 nitrogen and oxygen atoms in total. The van der Waals surface area contributed by atoms with Gasteiger partial charge in [-0.15, -0.1) is 0 Å². The maximum absolute atomic E-state index is 12.3. The summed E-state index contributed by atoms with van der Waals surface area (Å²) < 4.78 is 5.58. The van der Waals surface area contributed by atoms with Gasteiger partial charge < -0.3 is 15.0 Å². The fourth-order valence-electron chi connectivity index (χ4n) is 2.50. The summed E-state index contributed by atoms with van der Waals surface area (Å²) in [5.41, 5.74) is 2.22. The van der Waals surface area contributed by atoms with Crippen molar-refractivity contribution in [2.45, 2.75) is 31.9 Å². The molecule has 5 heteroatoms. The topological polar surface area (TPSA) is 65.4 Å². The van der Waals surface area contributed by atoms with Gasteiger partial charge >= 0.3 is 0 Å². The summed E-state index contributed by atoms with van der Waals surface area (Å²) in [4.78, 5) is 14.4. The molecule has 1 aromatic carbocycles. The second-order valence-corrected chi connectivity index (χ2v) is 5.86. The van der Waals surface area contributed by atoms with Crippen LogP contribution < -0.4 is 5.32 Å². The summed E-state index contributed by atoms with van der Waals surface area (Å²) in [6.45, 7) is 4.09. The summed E-state index contributed by atoms with van der Waals surface area (Å²) in [7, 11) is 1.98. The molecule has 0 bridgehead atoms. The van der Waals surface area contributed by atoms with Crippen LogP contribution in [0.4, 0.5) is 0 Å². The molecule has 118 valence electrons. The van der Waals surface area contributed by atoms with E-state index in [0.717, 1.165) is 18.5 Å². The molecule has 1 aromatic rings.